The van der Waals surface area contributed by atoms with E-state index in [1.165, 1.54) is 7.11 Å². The highest BCUT2D eigenvalue weighted by molar-refractivity contribution is 6.01. The quantitative estimate of drug-likeness (QED) is 0.484. The van der Waals surface area contributed by atoms with Gasteiger partial charge in [-0.05, 0) is 42.5 Å². The molecule has 0 atom stereocenters. The number of para-hydroxylation sites is 1. The molecule has 3 aromatic rings. The summed E-state index contributed by atoms with van der Waals surface area (Å²) in [5.74, 6) is -0.498. The summed E-state index contributed by atoms with van der Waals surface area (Å²) in [5.41, 5.74) is 9.00. The number of amides is 2. The van der Waals surface area contributed by atoms with Crippen LogP contribution < -0.4 is 16.4 Å². The molecular formula is C20H18N4O3. The van der Waals surface area contributed by atoms with Crippen molar-refractivity contribution in [2.75, 3.05) is 23.5 Å². The van der Waals surface area contributed by atoms with Crippen molar-refractivity contribution in [3.05, 3.63) is 72.4 Å². The number of ether oxygens (including phenoxy) is 1. The van der Waals surface area contributed by atoms with Gasteiger partial charge < -0.3 is 21.1 Å². The molecule has 7 heteroatoms. The van der Waals surface area contributed by atoms with Crippen molar-refractivity contribution in [2.45, 2.75) is 0 Å². The summed E-state index contributed by atoms with van der Waals surface area (Å²) in [4.78, 5) is 28.3. The normalized spacial score (nSPS) is 10.1. The number of benzene rings is 2. The molecule has 1 aromatic heterocycles. The first kappa shape index (κ1) is 17.9. The van der Waals surface area contributed by atoms with Crippen molar-refractivity contribution in [3.8, 4) is 11.3 Å². The number of urea groups is 1. The summed E-state index contributed by atoms with van der Waals surface area (Å²) in [7, 11) is 1.31. The van der Waals surface area contributed by atoms with E-state index in [0.717, 1.165) is 0 Å². The Morgan fingerprint density at radius 3 is 2.41 bits per heavy atom. The Kier molecular flexibility index (Phi) is 5.32. The minimum Gasteiger partial charge on any atom is -0.465 e. The van der Waals surface area contributed by atoms with Gasteiger partial charge in [0, 0.05) is 28.8 Å². The number of aromatic nitrogens is 1. The Balaban J connectivity index is 1.81. The van der Waals surface area contributed by atoms with Gasteiger partial charge in [0.2, 0.25) is 0 Å². The number of hydrogen-bond acceptors (Lipinski definition) is 5. The summed E-state index contributed by atoms with van der Waals surface area (Å²) >= 11 is 0. The second kappa shape index (κ2) is 8.01. The maximum atomic E-state index is 12.1. The zero-order chi connectivity index (χ0) is 19.2. The molecule has 0 aliphatic carbocycles. The highest BCUT2D eigenvalue weighted by Crippen LogP contribution is 2.29. The molecule has 0 unspecified atom stereocenters. The van der Waals surface area contributed by atoms with Gasteiger partial charge in [0.25, 0.3) is 0 Å². The molecule has 7 nitrogen and oxygen atoms in total. The average Bonchev–Trinajstić information content (AvgIpc) is 2.68. The van der Waals surface area contributed by atoms with Crippen LogP contribution in [0.3, 0.4) is 0 Å². The number of nitrogens with two attached hydrogens (primary N) is 1. The molecule has 1 heterocycles. The lowest BCUT2D eigenvalue weighted by Crippen LogP contribution is -2.19. The van der Waals surface area contributed by atoms with E-state index in [-0.39, 0.29) is 6.03 Å². The van der Waals surface area contributed by atoms with Crippen LogP contribution in [-0.2, 0) is 4.74 Å². The standard InChI is InChI=1S/C20H18N4O3/c1-27-19(25)16-8-5-11-22-18(16)15-10-9-14(12-17(15)21)24-20(26)23-13-6-3-2-4-7-13/h2-12H,21H2,1H3,(H2,23,24,26). The summed E-state index contributed by atoms with van der Waals surface area (Å²) in [6.45, 7) is 0. The van der Waals surface area contributed by atoms with E-state index in [0.29, 0.717) is 33.9 Å². The van der Waals surface area contributed by atoms with Crippen molar-refractivity contribution in [2.24, 2.45) is 0 Å². The zero-order valence-corrected chi connectivity index (χ0v) is 14.6. The predicted molar refractivity (Wildman–Crippen MR) is 105 cm³/mol. The van der Waals surface area contributed by atoms with E-state index in [2.05, 4.69) is 15.6 Å². The minimum atomic E-state index is -0.498. The molecule has 136 valence electrons. The summed E-state index contributed by atoms with van der Waals surface area (Å²) in [6.07, 6.45) is 1.57. The van der Waals surface area contributed by atoms with Crippen LogP contribution in [0.4, 0.5) is 21.9 Å². The lowest BCUT2D eigenvalue weighted by atomic mass is 10.0. The van der Waals surface area contributed by atoms with Crippen LogP contribution in [0.5, 0.6) is 0 Å². The maximum Gasteiger partial charge on any atom is 0.340 e. The number of carbonyl (C=O) groups is 2. The minimum absolute atomic E-state index is 0.314. The van der Waals surface area contributed by atoms with Crippen molar-refractivity contribution in [1.82, 2.24) is 4.98 Å². The number of hydrogen-bond donors (Lipinski definition) is 3. The molecule has 0 saturated heterocycles. The summed E-state index contributed by atoms with van der Waals surface area (Å²) in [6, 6.07) is 17.0. The van der Waals surface area contributed by atoms with Gasteiger partial charge in [-0.25, -0.2) is 9.59 Å². The Morgan fingerprint density at radius 1 is 0.963 bits per heavy atom. The first-order valence-electron chi connectivity index (χ1n) is 8.15. The molecule has 0 aliphatic rings. The number of nitrogen functional groups attached to an aromatic ring is 1. The van der Waals surface area contributed by atoms with Crippen LogP contribution in [0.15, 0.2) is 66.9 Å². The second-order valence-corrected chi connectivity index (χ2v) is 5.64. The van der Waals surface area contributed by atoms with E-state index >= 15 is 0 Å². The van der Waals surface area contributed by atoms with Gasteiger partial charge in [-0.1, -0.05) is 18.2 Å². The third-order valence-electron chi connectivity index (χ3n) is 3.81. The van der Waals surface area contributed by atoms with Gasteiger partial charge in [-0.2, -0.15) is 0 Å². The Bertz CT molecular complexity index is 974. The highest BCUT2D eigenvalue weighted by Gasteiger charge is 2.16. The zero-order valence-electron chi connectivity index (χ0n) is 14.6. The Morgan fingerprint density at radius 2 is 1.70 bits per heavy atom. The molecular weight excluding hydrogens is 344 g/mol. The summed E-state index contributed by atoms with van der Waals surface area (Å²) in [5, 5.41) is 5.44. The number of esters is 1. The van der Waals surface area contributed by atoms with Crippen LogP contribution in [0.2, 0.25) is 0 Å². The molecule has 0 spiro atoms. The van der Waals surface area contributed by atoms with Crippen LogP contribution in [0.25, 0.3) is 11.3 Å². The molecule has 0 radical (unpaired) electrons. The van der Waals surface area contributed by atoms with Crippen LogP contribution >= 0.6 is 0 Å². The Hall–Kier alpha value is -3.87. The largest absolute Gasteiger partial charge is 0.465 e. The molecule has 0 bridgehead atoms. The van der Waals surface area contributed by atoms with E-state index in [9.17, 15) is 9.59 Å². The van der Waals surface area contributed by atoms with Crippen molar-refractivity contribution in [1.29, 1.82) is 0 Å². The van der Waals surface area contributed by atoms with Gasteiger partial charge in [0.15, 0.2) is 0 Å². The van der Waals surface area contributed by atoms with Gasteiger partial charge in [-0.3, -0.25) is 4.98 Å². The smallest absolute Gasteiger partial charge is 0.340 e. The number of pyridine rings is 1. The maximum absolute atomic E-state index is 12.1. The van der Waals surface area contributed by atoms with Gasteiger partial charge in [0.05, 0.1) is 18.4 Å². The third-order valence-corrected chi connectivity index (χ3v) is 3.81. The van der Waals surface area contributed by atoms with Crippen LogP contribution in [0, 0.1) is 0 Å². The molecule has 0 aliphatic heterocycles. The lowest BCUT2D eigenvalue weighted by Gasteiger charge is -2.12. The van der Waals surface area contributed by atoms with Crippen molar-refractivity contribution in [3.63, 3.8) is 0 Å². The van der Waals surface area contributed by atoms with Crippen molar-refractivity contribution < 1.29 is 14.3 Å². The monoisotopic (exact) mass is 362 g/mol. The molecule has 3 rings (SSSR count). The number of anilines is 3. The molecule has 27 heavy (non-hydrogen) atoms. The fourth-order valence-electron chi connectivity index (χ4n) is 2.57. The first-order chi connectivity index (χ1) is 13.1. The number of nitrogens with zero attached hydrogens (tertiary/aromatic N) is 1. The van der Waals surface area contributed by atoms with E-state index in [1.54, 1.807) is 48.7 Å². The predicted octanol–water partition coefficient (Wildman–Crippen LogP) is 3.76. The fraction of sp³-hybridized carbons (Fsp3) is 0.0500. The SMILES string of the molecule is COC(=O)c1cccnc1-c1ccc(NC(=O)Nc2ccccc2)cc1N. The molecule has 0 saturated carbocycles. The molecule has 2 aromatic carbocycles. The number of carbonyl (C=O) groups excluding carboxylic acids is 2. The van der Waals surface area contributed by atoms with Gasteiger partial charge >= 0.3 is 12.0 Å². The Labute approximate surface area is 156 Å². The number of nitrogens with one attached hydrogen (secondary N) is 2. The second-order valence-electron chi connectivity index (χ2n) is 5.64. The lowest BCUT2D eigenvalue weighted by molar-refractivity contribution is 0.0601. The number of rotatable bonds is 4. The van der Waals surface area contributed by atoms with Gasteiger partial charge in [-0.15, -0.1) is 0 Å². The van der Waals surface area contributed by atoms with E-state index in [1.807, 2.05) is 18.2 Å². The molecule has 0 fully saturated rings. The topological polar surface area (TPSA) is 106 Å². The van der Waals surface area contributed by atoms with E-state index < -0.39 is 5.97 Å². The first-order valence-corrected chi connectivity index (χ1v) is 8.15. The van der Waals surface area contributed by atoms with Crippen molar-refractivity contribution >= 4 is 29.1 Å². The van der Waals surface area contributed by atoms with E-state index in [4.69, 9.17) is 10.5 Å². The average molecular weight is 362 g/mol. The third kappa shape index (κ3) is 4.21. The molecule has 2 amide bonds. The van der Waals surface area contributed by atoms with Crippen LogP contribution in [-0.4, -0.2) is 24.1 Å². The van der Waals surface area contributed by atoms with Gasteiger partial charge in [0.1, 0.15) is 0 Å². The van der Waals surface area contributed by atoms with Crippen LogP contribution in [0.1, 0.15) is 10.4 Å². The molecule has 4 N–H and O–H groups in total. The number of methoxy groups -OCH3 is 1. The highest BCUT2D eigenvalue weighted by atomic mass is 16.5. The fourth-order valence-corrected chi connectivity index (χ4v) is 2.57. The summed E-state index contributed by atoms with van der Waals surface area (Å²) < 4.78 is 4.79.